The second kappa shape index (κ2) is 7.38. The summed E-state index contributed by atoms with van der Waals surface area (Å²) in [4.78, 5) is 25.3. The fourth-order valence-electron chi connectivity index (χ4n) is 2.64. The molecule has 1 saturated heterocycles. The van der Waals surface area contributed by atoms with Crippen LogP contribution < -0.4 is 4.90 Å². The van der Waals surface area contributed by atoms with E-state index in [4.69, 9.17) is 0 Å². The molecule has 0 radical (unpaired) electrons. The van der Waals surface area contributed by atoms with Crippen molar-refractivity contribution in [3.8, 4) is 0 Å². The van der Waals surface area contributed by atoms with Crippen LogP contribution in [0.4, 0.5) is 5.82 Å². The maximum absolute atomic E-state index is 12.5. The zero-order valence-corrected chi connectivity index (χ0v) is 13.4. The van der Waals surface area contributed by atoms with Gasteiger partial charge in [-0.2, -0.15) is 0 Å². The standard InChI is InChI=1S/C16H26N4O/c1-4-5-9-19(3)16(21)14-12-15(18-13(2)17-14)20-10-7-6-8-11-20/h12H,4-11H2,1-3H3. The van der Waals surface area contributed by atoms with Gasteiger partial charge in [0.15, 0.2) is 0 Å². The van der Waals surface area contributed by atoms with Crippen molar-refractivity contribution in [3.63, 3.8) is 0 Å². The predicted octanol–water partition coefficient (Wildman–Crippen LogP) is 2.65. The number of hydrogen-bond donors (Lipinski definition) is 0. The van der Waals surface area contributed by atoms with Crippen LogP contribution in [0.5, 0.6) is 0 Å². The second-order valence-electron chi connectivity index (χ2n) is 5.79. The molecule has 1 aliphatic rings. The lowest BCUT2D eigenvalue weighted by molar-refractivity contribution is 0.0787. The van der Waals surface area contributed by atoms with Crippen LogP contribution in [0.25, 0.3) is 0 Å². The fourth-order valence-corrected chi connectivity index (χ4v) is 2.64. The highest BCUT2D eigenvalue weighted by Crippen LogP contribution is 2.19. The molecule has 0 N–H and O–H groups in total. The van der Waals surface area contributed by atoms with Crippen molar-refractivity contribution < 1.29 is 4.79 Å². The molecule has 0 aromatic carbocycles. The van der Waals surface area contributed by atoms with Gasteiger partial charge in [-0.25, -0.2) is 9.97 Å². The molecule has 0 atom stereocenters. The lowest BCUT2D eigenvalue weighted by Gasteiger charge is -2.28. The molecule has 0 unspecified atom stereocenters. The van der Waals surface area contributed by atoms with Crippen LogP contribution in [-0.4, -0.2) is 47.5 Å². The van der Waals surface area contributed by atoms with Crippen LogP contribution in [-0.2, 0) is 0 Å². The van der Waals surface area contributed by atoms with E-state index >= 15 is 0 Å². The highest BCUT2D eigenvalue weighted by Gasteiger charge is 2.18. The molecule has 2 rings (SSSR count). The Morgan fingerprint density at radius 1 is 1.29 bits per heavy atom. The van der Waals surface area contributed by atoms with Gasteiger partial charge in [0, 0.05) is 32.7 Å². The summed E-state index contributed by atoms with van der Waals surface area (Å²) in [5.41, 5.74) is 0.515. The Hall–Kier alpha value is -1.65. The van der Waals surface area contributed by atoms with Crippen LogP contribution in [0.3, 0.4) is 0 Å². The van der Waals surface area contributed by atoms with Gasteiger partial charge in [-0.3, -0.25) is 4.79 Å². The highest BCUT2D eigenvalue weighted by atomic mass is 16.2. The number of carbonyl (C=O) groups is 1. The van der Waals surface area contributed by atoms with Crippen molar-refractivity contribution in [3.05, 3.63) is 17.6 Å². The average molecular weight is 290 g/mol. The topological polar surface area (TPSA) is 49.3 Å². The first kappa shape index (κ1) is 15.7. The van der Waals surface area contributed by atoms with E-state index in [9.17, 15) is 4.79 Å². The maximum atomic E-state index is 12.5. The third-order valence-electron chi connectivity index (χ3n) is 3.92. The Bertz CT molecular complexity index is 483. The molecule has 5 nitrogen and oxygen atoms in total. The summed E-state index contributed by atoms with van der Waals surface area (Å²) in [6.07, 6.45) is 5.78. The van der Waals surface area contributed by atoms with E-state index in [2.05, 4.69) is 21.8 Å². The monoisotopic (exact) mass is 290 g/mol. The Morgan fingerprint density at radius 3 is 2.67 bits per heavy atom. The number of piperidine rings is 1. The molecule has 21 heavy (non-hydrogen) atoms. The molecular formula is C16H26N4O. The first-order valence-electron chi connectivity index (χ1n) is 7.98. The van der Waals surface area contributed by atoms with Crippen molar-refractivity contribution in [2.45, 2.75) is 46.0 Å². The molecule has 0 bridgehead atoms. The van der Waals surface area contributed by atoms with E-state index in [1.54, 1.807) is 4.90 Å². The number of nitrogens with zero attached hydrogens (tertiary/aromatic N) is 4. The molecule has 1 fully saturated rings. The van der Waals surface area contributed by atoms with Crippen molar-refractivity contribution in [1.82, 2.24) is 14.9 Å². The van der Waals surface area contributed by atoms with Crippen molar-refractivity contribution >= 4 is 11.7 Å². The number of anilines is 1. The molecule has 2 heterocycles. The number of aryl methyl sites for hydroxylation is 1. The minimum Gasteiger partial charge on any atom is -0.356 e. The minimum absolute atomic E-state index is 0.00721. The molecule has 1 aromatic rings. The molecule has 1 aliphatic heterocycles. The Balaban J connectivity index is 2.15. The van der Waals surface area contributed by atoms with Gasteiger partial charge in [0.25, 0.3) is 5.91 Å². The summed E-state index contributed by atoms with van der Waals surface area (Å²) in [7, 11) is 1.84. The number of hydrogen-bond acceptors (Lipinski definition) is 4. The van der Waals surface area contributed by atoms with E-state index < -0.39 is 0 Å². The van der Waals surface area contributed by atoms with Gasteiger partial charge in [0.2, 0.25) is 0 Å². The van der Waals surface area contributed by atoms with E-state index in [0.717, 1.165) is 38.3 Å². The average Bonchev–Trinajstić information content (AvgIpc) is 2.52. The lowest BCUT2D eigenvalue weighted by Crippen LogP contribution is -2.32. The molecule has 1 amide bonds. The number of aromatic nitrogens is 2. The molecule has 5 heteroatoms. The second-order valence-corrected chi connectivity index (χ2v) is 5.79. The third kappa shape index (κ3) is 4.16. The smallest absolute Gasteiger partial charge is 0.272 e. The Labute approximate surface area is 127 Å². The third-order valence-corrected chi connectivity index (χ3v) is 3.92. The maximum Gasteiger partial charge on any atom is 0.272 e. The van der Waals surface area contributed by atoms with Crippen LogP contribution >= 0.6 is 0 Å². The van der Waals surface area contributed by atoms with Crippen LogP contribution in [0.15, 0.2) is 6.07 Å². The number of unbranched alkanes of at least 4 members (excludes halogenated alkanes) is 1. The van der Waals surface area contributed by atoms with Gasteiger partial charge in [0.1, 0.15) is 17.3 Å². The van der Waals surface area contributed by atoms with Crippen molar-refractivity contribution in [2.75, 3.05) is 31.6 Å². The SMILES string of the molecule is CCCCN(C)C(=O)c1cc(N2CCCCC2)nc(C)n1. The molecular weight excluding hydrogens is 264 g/mol. The van der Waals surface area contributed by atoms with Gasteiger partial charge in [0.05, 0.1) is 0 Å². The van der Waals surface area contributed by atoms with E-state index in [0.29, 0.717) is 11.5 Å². The van der Waals surface area contributed by atoms with E-state index in [1.165, 1.54) is 19.3 Å². The number of carbonyl (C=O) groups excluding carboxylic acids is 1. The van der Waals surface area contributed by atoms with E-state index in [-0.39, 0.29) is 5.91 Å². The molecule has 0 spiro atoms. The summed E-state index contributed by atoms with van der Waals surface area (Å²) < 4.78 is 0. The fraction of sp³-hybridized carbons (Fsp3) is 0.688. The number of rotatable bonds is 5. The first-order chi connectivity index (χ1) is 10.1. The van der Waals surface area contributed by atoms with E-state index in [1.807, 2.05) is 20.0 Å². The van der Waals surface area contributed by atoms with Gasteiger partial charge < -0.3 is 9.80 Å². The van der Waals surface area contributed by atoms with Crippen LogP contribution in [0.1, 0.15) is 55.3 Å². The summed E-state index contributed by atoms with van der Waals surface area (Å²) in [5, 5.41) is 0. The predicted molar refractivity (Wildman–Crippen MR) is 84.7 cm³/mol. The molecule has 1 aromatic heterocycles. The van der Waals surface area contributed by atoms with Crippen molar-refractivity contribution in [2.24, 2.45) is 0 Å². The van der Waals surface area contributed by atoms with Gasteiger partial charge in [-0.05, 0) is 32.6 Å². The zero-order chi connectivity index (χ0) is 15.2. The quantitative estimate of drug-likeness (QED) is 0.836. The summed E-state index contributed by atoms with van der Waals surface area (Å²) >= 11 is 0. The normalized spacial score (nSPS) is 15.1. The van der Waals surface area contributed by atoms with Crippen LogP contribution in [0.2, 0.25) is 0 Å². The first-order valence-corrected chi connectivity index (χ1v) is 7.98. The largest absolute Gasteiger partial charge is 0.356 e. The number of amides is 1. The summed E-state index contributed by atoms with van der Waals surface area (Å²) in [6.45, 7) is 6.81. The van der Waals surface area contributed by atoms with Crippen LogP contribution in [0, 0.1) is 6.92 Å². The minimum atomic E-state index is -0.00721. The zero-order valence-electron chi connectivity index (χ0n) is 13.4. The molecule has 0 aliphatic carbocycles. The molecule has 116 valence electrons. The van der Waals surface area contributed by atoms with Gasteiger partial charge in [-0.1, -0.05) is 13.3 Å². The van der Waals surface area contributed by atoms with Gasteiger partial charge in [-0.15, -0.1) is 0 Å². The van der Waals surface area contributed by atoms with Crippen molar-refractivity contribution in [1.29, 1.82) is 0 Å². The summed E-state index contributed by atoms with van der Waals surface area (Å²) in [6, 6.07) is 1.85. The summed E-state index contributed by atoms with van der Waals surface area (Å²) in [5.74, 6) is 1.56. The highest BCUT2D eigenvalue weighted by molar-refractivity contribution is 5.92. The van der Waals surface area contributed by atoms with Gasteiger partial charge >= 0.3 is 0 Å². The lowest BCUT2D eigenvalue weighted by atomic mass is 10.1. The molecule has 0 saturated carbocycles. The Kier molecular flexibility index (Phi) is 5.53. The Morgan fingerprint density at radius 2 is 2.00 bits per heavy atom.